The Hall–Kier alpha value is -3.26. The number of hydrogen-bond donors (Lipinski definition) is 0. The van der Waals surface area contributed by atoms with E-state index in [1.165, 1.54) is 6.07 Å². The number of carbonyl (C=O) groups is 3. The van der Waals surface area contributed by atoms with Crippen molar-refractivity contribution in [1.29, 1.82) is 0 Å². The van der Waals surface area contributed by atoms with Crippen molar-refractivity contribution in [2.24, 2.45) is 0 Å². The quantitative estimate of drug-likeness (QED) is 0.489. The highest BCUT2D eigenvalue weighted by atomic mass is 32.1. The van der Waals surface area contributed by atoms with Crippen molar-refractivity contribution >= 4 is 50.2 Å². The van der Waals surface area contributed by atoms with Gasteiger partial charge in [-0.15, -0.1) is 0 Å². The molecule has 0 bridgehead atoms. The number of imide groups is 1. The fourth-order valence-electron chi connectivity index (χ4n) is 3.52. The van der Waals surface area contributed by atoms with Crippen LogP contribution in [0.3, 0.4) is 0 Å². The average molecular weight is 407 g/mol. The number of hydrogen-bond acceptors (Lipinski definition) is 7. The van der Waals surface area contributed by atoms with Gasteiger partial charge in [0.25, 0.3) is 0 Å². The van der Waals surface area contributed by atoms with Gasteiger partial charge in [-0.3, -0.25) is 14.5 Å². The molecule has 146 valence electrons. The number of para-hydroxylation sites is 1. The molecule has 2 aliphatic heterocycles. The van der Waals surface area contributed by atoms with Crippen molar-refractivity contribution in [3.63, 3.8) is 0 Å². The minimum Gasteiger partial charge on any atom is -0.455 e. The van der Waals surface area contributed by atoms with E-state index in [2.05, 4.69) is 9.88 Å². The van der Waals surface area contributed by atoms with Crippen LogP contribution in [0.1, 0.15) is 23.2 Å². The molecule has 3 aromatic rings. The van der Waals surface area contributed by atoms with Gasteiger partial charge in [0.15, 0.2) is 5.13 Å². The summed E-state index contributed by atoms with van der Waals surface area (Å²) in [6.07, 6.45) is 0.196. The number of rotatable bonds is 4. The summed E-state index contributed by atoms with van der Waals surface area (Å²) in [6.45, 7) is 1.18. The average Bonchev–Trinajstić information content (AvgIpc) is 3.26. The van der Waals surface area contributed by atoms with Crippen LogP contribution >= 0.6 is 11.3 Å². The standard InChI is InChI=1S/C21H17N3O4S/c25-18-8-9-19(26)24(18)14-5-3-4-13(10-14)20(27)28-15-11-23(12-15)21-22-16-6-1-2-7-17(16)29-21/h1-7,10,15H,8-9,11-12H2. The van der Waals surface area contributed by atoms with Crippen molar-refractivity contribution in [2.45, 2.75) is 18.9 Å². The molecule has 2 saturated heterocycles. The van der Waals surface area contributed by atoms with Gasteiger partial charge < -0.3 is 9.64 Å². The van der Waals surface area contributed by atoms with E-state index >= 15 is 0 Å². The third-order valence-corrected chi connectivity index (χ3v) is 6.16. The molecule has 0 unspecified atom stereocenters. The summed E-state index contributed by atoms with van der Waals surface area (Å²) in [7, 11) is 0. The van der Waals surface area contributed by atoms with Gasteiger partial charge in [0.05, 0.1) is 34.6 Å². The predicted molar refractivity (Wildman–Crippen MR) is 109 cm³/mol. The lowest BCUT2D eigenvalue weighted by Gasteiger charge is -2.38. The minimum atomic E-state index is -0.458. The highest BCUT2D eigenvalue weighted by molar-refractivity contribution is 7.22. The summed E-state index contributed by atoms with van der Waals surface area (Å²) >= 11 is 1.62. The maximum absolute atomic E-state index is 12.5. The van der Waals surface area contributed by atoms with E-state index in [-0.39, 0.29) is 30.8 Å². The van der Waals surface area contributed by atoms with Crippen molar-refractivity contribution in [3.05, 3.63) is 54.1 Å². The van der Waals surface area contributed by atoms with E-state index in [1.807, 2.05) is 24.3 Å². The second-order valence-corrected chi connectivity index (χ2v) is 8.08. The van der Waals surface area contributed by atoms with E-state index in [0.29, 0.717) is 24.3 Å². The maximum Gasteiger partial charge on any atom is 0.338 e. The molecule has 3 heterocycles. The number of anilines is 2. The van der Waals surface area contributed by atoms with Gasteiger partial charge in [-0.2, -0.15) is 0 Å². The van der Waals surface area contributed by atoms with Crippen LogP contribution in [-0.2, 0) is 14.3 Å². The lowest BCUT2D eigenvalue weighted by atomic mass is 10.1. The molecule has 2 aromatic carbocycles. The molecule has 29 heavy (non-hydrogen) atoms. The van der Waals surface area contributed by atoms with Gasteiger partial charge in [0.2, 0.25) is 11.8 Å². The molecular formula is C21H17N3O4S. The first-order chi connectivity index (χ1) is 14.1. The first-order valence-corrected chi connectivity index (χ1v) is 10.2. The lowest BCUT2D eigenvalue weighted by Crippen LogP contribution is -2.53. The van der Waals surface area contributed by atoms with Crippen molar-refractivity contribution in [3.8, 4) is 0 Å². The molecular weight excluding hydrogens is 390 g/mol. The number of benzene rings is 2. The maximum atomic E-state index is 12.5. The normalized spacial score (nSPS) is 17.1. The molecule has 2 aliphatic rings. The van der Waals surface area contributed by atoms with Crippen LogP contribution in [0, 0.1) is 0 Å². The SMILES string of the molecule is O=C(OC1CN(c2nc3ccccc3s2)C1)c1cccc(N2C(=O)CCC2=O)c1. The highest BCUT2D eigenvalue weighted by Crippen LogP contribution is 2.32. The number of thiazole rings is 1. The largest absolute Gasteiger partial charge is 0.455 e. The molecule has 8 heteroatoms. The molecule has 7 nitrogen and oxygen atoms in total. The van der Waals surface area contributed by atoms with Crippen molar-refractivity contribution in [1.82, 2.24) is 4.98 Å². The summed E-state index contributed by atoms with van der Waals surface area (Å²) in [4.78, 5) is 44.2. The Balaban J connectivity index is 1.23. The first kappa shape index (κ1) is 17.8. The number of amides is 2. The van der Waals surface area contributed by atoms with Crippen LogP contribution in [0.15, 0.2) is 48.5 Å². The van der Waals surface area contributed by atoms with Gasteiger partial charge in [-0.1, -0.05) is 29.5 Å². The molecule has 0 saturated carbocycles. The zero-order valence-corrected chi connectivity index (χ0v) is 16.2. The fraction of sp³-hybridized carbons (Fsp3) is 0.238. The minimum absolute atomic E-state index is 0.206. The number of esters is 1. The van der Waals surface area contributed by atoms with Crippen LogP contribution in [0.4, 0.5) is 10.8 Å². The summed E-state index contributed by atoms with van der Waals surface area (Å²) in [5, 5.41) is 0.923. The van der Waals surface area contributed by atoms with Crippen LogP contribution in [0.5, 0.6) is 0 Å². The molecule has 1 aromatic heterocycles. The van der Waals surface area contributed by atoms with E-state index < -0.39 is 5.97 Å². The van der Waals surface area contributed by atoms with Crippen molar-refractivity contribution < 1.29 is 19.1 Å². The first-order valence-electron chi connectivity index (χ1n) is 9.36. The molecule has 0 N–H and O–H groups in total. The van der Waals surface area contributed by atoms with E-state index in [0.717, 1.165) is 20.2 Å². The predicted octanol–water partition coefficient (Wildman–Crippen LogP) is 3.00. The fourth-order valence-corrected chi connectivity index (χ4v) is 4.50. The smallest absolute Gasteiger partial charge is 0.338 e. The van der Waals surface area contributed by atoms with Gasteiger partial charge >= 0.3 is 5.97 Å². The lowest BCUT2D eigenvalue weighted by molar-refractivity contribution is -0.121. The molecule has 2 amide bonds. The Morgan fingerprint density at radius 1 is 1.03 bits per heavy atom. The second-order valence-electron chi connectivity index (χ2n) is 7.07. The Bertz CT molecular complexity index is 1090. The molecule has 2 fully saturated rings. The summed E-state index contributed by atoms with van der Waals surface area (Å²) < 4.78 is 6.71. The third-order valence-electron chi connectivity index (χ3n) is 5.07. The van der Waals surface area contributed by atoms with E-state index in [4.69, 9.17) is 4.74 Å². The van der Waals surface area contributed by atoms with Crippen LogP contribution in [0.25, 0.3) is 10.2 Å². The van der Waals surface area contributed by atoms with E-state index in [9.17, 15) is 14.4 Å². The second kappa shape index (κ2) is 6.97. The molecule has 0 aliphatic carbocycles. The number of ether oxygens (including phenoxy) is 1. The topological polar surface area (TPSA) is 79.8 Å². The molecule has 0 radical (unpaired) electrons. The number of fused-ring (bicyclic) bond motifs is 1. The Morgan fingerprint density at radius 2 is 1.79 bits per heavy atom. The zero-order chi connectivity index (χ0) is 20.0. The summed E-state index contributed by atoms with van der Waals surface area (Å²) in [5.41, 5.74) is 1.71. The van der Waals surface area contributed by atoms with Gasteiger partial charge in [0, 0.05) is 12.8 Å². The van der Waals surface area contributed by atoms with E-state index in [1.54, 1.807) is 29.5 Å². The van der Waals surface area contributed by atoms with Crippen LogP contribution < -0.4 is 9.80 Å². The van der Waals surface area contributed by atoms with Crippen molar-refractivity contribution in [2.75, 3.05) is 22.9 Å². The number of carbonyl (C=O) groups excluding carboxylic acids is 3. The zero-order valence-electron chi connectivity index (χ0n) is 15.4. The Labute approximate surface area is 170 Å². The Morgan fingerprint density at radius 3 is 2.55 bits per heavy atom. The monoisotopic (exact) mass is 407 g/mol. The van der Waals surface area contributed by atoms with Gasteiger partial charge in [0.1, 0.15) is 6.10 Å². The molecule has 5 rings (SSSR count). The summed E-state index contributed by atoms with van der Waals surface area (Å²) in [6, 6.07) is 14.4. The highest BCUT2D eigenvalue weighted by Gasteiger charge is 2.33. The Kier molecular flexibility index (Phi) is 4.28. The van der Waals surface area contributed by atoms with Crippen LogP contribution in [0.2, 0.25) is 0 Å². The molecule has 0 atom stereocenters. The molecule has 0 spiro atoms. The third kappa shape index (κ3) is 3.25. The van der Waals surface area contributed by atoms with Gasteiger partial charge in [-0.05, 0) is 30.3 Å². The van der Waals surface area contributed by atoms with Gasteiger partial charge in [-0.25, -0.2) is 9.78 Å². The summed E-state index contributed by atoms with van der Waals surface area (Å²) in [5.74, 6) is -0.947. The van der Waals surface area contributed by atoms with Crippen LogP contribution in [-0.4, -0.2) is 42.0 Å². The number of aromatic nitrogens is 1. The number of nitrogens with zero attached hydrogens (tertiary/aromatic N) is 3.